The molecule has 0 unspecified atom stereocenters. The van der Waals surface area contributed by atoms with Crippen LogP contribution in [0.1, 0.15) is 21.7 Å². The first-order chi connectivity index (χ1) is 10.0. The zero-order valence-electron chi connectivity index (χ0n) is 11.6. The van der Waals surface area contributed by atoms with E-state index < -0.39 is 17.7 Å². The maximum absolute atomic E-state index is 13.4. The lowest BCUT2D eigenvalue weighted by molar-refractivity contribution is -0.115. The molecule has 0 aliphatic carbocycles. The standard InChI is InChI=1S/C14H14FN3O3/c1-8-5-11(13(17-8)14(20)21-2)18-12(19)6-9-3-4-16-7-10(9)15/h3-5,7,17H,6H2,1-2H3,(H,18,19). The third-order valence-electron chi connectivity index (χ3n) is 2.82. The summed E-state index contributed by atoms with van der Waals surface area (Å²) in [6, 6.07) is 3.03. The molecule has 0 saturated carbocycles. The van der Waals surface area contributed by atoms with Crippen LogP contribution in [0, 0.1) is 12.7 Å². The number of nitrogens with zero attached hydrogens (tertiary/aromatic N) is 1. The second-order valence-corrected chi connectivity index (χ2v) is 4.42. The summed E-state index contributed by atoms with van der Waals surface area (Å²) >= 11 is 0. The van der Waals surface area contributed by atoms with E-state index in [0.29, 0.717) is 11.4 Å². The molecule has 2 aromatic heterocycles. The molecule has 2 heterocycles. The van der Waals surface area contributed by atoms with E-state index in [1.807, 2.05) is 0 Å². The van der Waals surface area contributed by atoms with Crippen LogP contribution in [0.25, 0.3) is 0 Å². The molecule has 0 bridgehead atoms. The Morgan fingerprint density at radius 2 is 2.24 bits per heavy atom. The summed E-state index contributed by atoms with van der Waals surface area (Å²) in [5, 5.41) is 2.56. The lowest BCUT2D eigenvalue weighted by Gasteiger charge is -2.06. The van der Waals surface area contributed by atoms with Crippen molar-refractivity contribution in [3.05, 3.63) is 47.3 Å². The number of rotatable bonds is 4. The Morgan fingerprint density at radius 3 is 2.90 bits per heavy atom. The van der Waals surface area contributed by atoms with Crippen molar-refractivity contribution in [1.82, 2.24) is 9.97 Å². The lowest BCUT2D eigenvalue weighted by Crippen LogP contribution is -2.17. The van der Waals surface area contributed by atoms with Crippen molar-refractivity contribution in [2.45, 2.75) is 13.3 Å². The Kier molecular flexibility index (Phi) is 4.32. The van der Waals surface area contributed by atoms with Crippen molar-refractivity contribution in [2.24, 2.45) is 0 Å². The molecular formula is C14H14FN3O3. The Morgan fingerprint density at radius 1 is 1.48 bits per heavy atom. The van der Waals surface area contributed by atoms with Gasteiger partial charge in [-0.1, -0.05) is 0 Å². The summed E-state index contributed by atoms with van der Waals surface area (Å²) in [4.78, 5) is 29.9. The Hall–Kier alpha value is -2.70. The number of aryl methyl sites for hydroxylation is 1. The maximum Gasteiger partial charge on any atom is 0.356 e. The van der Waals surface area contributed by atoms with E-state index in [4.69, 9.17) is 0 Å². The van der Waals surface area contributed by atoms with Crippen molar-refractivity contribution < 1.29 is 18.7 Å². The monoisotopic (exact) mass is 291 g/mol. The van der Waals surface area contributed by atoms with Crippen LogP contribution in [-0.2, 0) is 16.0 Å². The molecule has 1 amide bonds. The number of hydrogen-bond donors (Lipinski definition) is 2. The molecule has 0 fully saturated rings. The van der Waals surface area contributed by atoms with Gasteiger partial charge in [0.05, 0.1) is 25.4 Å². The van der Waals surface area contributed by atoms with E-state index in [1.54, 1.807) is 13.0 Å². The van der Waals surface area contributed by atoms with Crippen LogP contribution in [-0.4, -0.2) is 29.0 Å². The van der Waals surface area contributed by atoms with E-state index in [0.717, 1.165) is 6.20 Å². The highest BCUT2D eigenvalue weighted by Gasteiger charge is 2.17. The topological polar surface area (TPSA) is 84.1 Å². The largest absolute Gasteiger partial charge is 0.464 e. The molecule has 21 heavy (non-hydrogen) atoms. The minimum absolute atomic E-state index is 0.151. The second-order valence-electron chi connectivity index (χ2n) is 4.42. The van der Waals surface area contributed by atoms with Crippen LogP contribution < -0.4 is 5.32 Å². The number of carbonyl (C=O) groups excluding carboxylic acids is 2. The van der Waals surface area contributed by atoms with Gasteiger partial charge in [-0.15, -0.1) is 0 Å². The summed E-state index contributed by atoms with van der Waals surface area (Å²) in [7, 11) is 1.25. The minimum atomic E-state index is -0.589. The average molecular weight is 291 g/mol. The van der Waals surface area contributed by atoms with Gasteiger partial charge in [-0.05, 0) is 19.1 Å². The van der Waals surface area contributed by atoms with Gasteiger partial charge in [0.15, 0.2) is 0 Å². The zero-order chi connectivity index (χ0) is 15.4. The third-order valence-corrected chi connectivity index (χ3v) is 2.82. The molecule has 0 aliphatic heterocycles. The van der Waals surface area contributed by atoms with Crippen molar-refractivity contribution in [3.63, 3.8) is 0 Å². The molecule has 2 N–H and O–H groups in total. The van der Waals surface area contributed by atoms with Crippen molar-refractivity contribution in [2.75, 3.05) is 12.4 Å². The quantitative estimate of drug-likeness (QED) is 0.842. The van der Waals surface area contributed by atoms with E-state index >= 15 is 0 Å². The van der Waals surface area contributed by atoms with Gasteiger partial charge in [0.1, 0.15) is 11.5 Å². The number of aromatic nitrogens is 2. The third kappa shape index (κ3) is 3.44. The van der Waals surface area contributed by atoms with Crippen LogP contribution in [0.5, 0.6) is 0 Å². The number of hydrogen-bond acceptors (Lipinski definition) is 4. The van der Waals surface area contributed by atoms with Gasteiger partial charge >= 0.3 is 5.97 Å². The van der Waals surface area contributed by atoms with Crippen molar-refractivity contribution >= 4 is 17.6 Å². The number of ether oxygens (including phenoxy) is 1. The van der Waals surface area contributed by atoms with Crippen LogP contribution >= 0.6 is 0 Å². The number of H-pyrrole nitrogens is 1. The molecule has 0 saturated heterocycles. The Bertz CT molecular complexity index is 682. The predicted octanol–water partition coefficient (Wildman–Crippen LogP) is 1.83. The van der Waals surface area contributed by atoms with Crippen LogP contribution in [0.3, 0.4) is 0 Å². The number of aromatic amines is 1. The average Bonchev–Trinajstić information content (AvgIpc) is 2.81. The number of pyridine rings is 1. The van der Waals surface area contributed by atoms with Gasteiger partial charge in [0.25, 0.3) is 0 Å². The fraction of sp³-hybridized carbons (Fsp3) is 0.214. The Balaban J connectivity index is 2.13. The minimum Gasteiger partial charge on any atom is -0.464 e. The molecular weight excluding hydrogens is 277 g/mol. The van der Waals surface area contributed by atoms with Gasteiger partial charge in [-0.25, -0.2) is 9.18 Å². The highest BCUT2D eigenvalue weighted by Crippen LogP contribution is 2.18. The number of nitrogens with one attached hydrogen (secondary N) is 2. The zero-order valence-corrected chi connectivity index (χ0v) is 11.6. The molecule has 7 heteroatoms. The first-order valence-electron chi connectivity index (χ1n) is 6.17. The molecule has 2 rings (SSSR count). The first kappa shape index (κ1) is 14.7. The van der Waals surface area contributed by atoms with Gasteiger partial charge in [0, 0.05) is 17.5 Å². The van der Waals surface area contributed by atoms with Gasteiger partial charge < -0.3 is 15.0 Å². The van der Waals surface area contributed by atoms with Gasteiger partial charge in [0.2, 0.25) is 5.91 Å². The highest BCUT2D eigenvalue weighted by atomic mass is 19.1. The Labute approximate surface area is 120 Å². The number of carbonyl (C=O) groups is 2. The van der Waals surface area contributed by atoms with E-state index in [1.165, 1.54) is 19.4 Å². The van der Waals surface area contributed by atoms with E-state index in [-0.39, 0.29) is 17.7 Å². The molecule has 0 aliphatic rings. The number of esters is 1. The summed E-state index contributed by atoms with van der Waals surface area (Å²) in [5.74, 6) is -1.58. The van der Waals surface area contributed by atoms with Crippen LogP contribution in [0.15, 0.2) is 24.5 Å². The summed E-state index contributed by atoms with van der Waals surface area (Å²) in [6.45, 7) is 1.74. The predicted molar refractivity (Wildman–Crippen MR) is 73.4 cm³/mol. The number of halogens is 1. The maximum atomic E-state index is 13.4. The first-order valence-corrected chi connectivity index (χ1v) is 6.17. The van der Waals surface area contributed by atoms with Crippen molar-refractivity contribution in [1.29, 1.82) is 0 Å². The number of anilines is 1. The fourth-order valence-electron chi connectivity index (χ4n) is 1.87. The smallest absolute Gasteiger partial charge is 0.356 e. The fourth-order valence-corrected chi connectivity index (χ4v) is 1.87. The summed E-state index contributed by atoms with van der Waals surface area (Å²) in [6.07, 6.45) is 2.30. The molecule has 0 atom stereocenters. The summed E-state index contributed by atoms with van der Waals surface area (Å²) in [5.41, 5.74) is 1.38. The van der Waals surface area contributed by atoms with Crippen molar-refractivity contribution in [3.8, 4) is 0 Å². The van der Waals surface area contributed by atoms with Gasteiger partial charge in [-0.2, -0.15) is 0 Å². The normalized spacial score (nSPS) is 10.2. The summed E-state index contributed by atoms with van der Waals surface area (Å²) < 4.78 is 18.1. The molecule has 2 aromatic rings. The lowest BCUT2D eigenvalue weighted by atomic mass is 10.2. The molecule has 0 aromatic carbocycles. The molecule has 0 spiro atoms. The molecule has 6 nitrogen and oxygen atoms in total. The SMILES string of the molecule is COC(=O)c1[nH]c(C)cc1NC(=O)Cc1ccncc1F. The van der Waals surface area contributed by atoms with Gasteiger partial charge in [-0.3, -0.25) is 9.78 Å². The molecule has 110 valence electrons. The number of methoxy groups -OCH3 is 1. The molecule has 0 radical (unpaired) electrons. The highest BCUT2D eigenvalue weighted by molar-refractivity contribution is 6.00. The van der Waals surface area contributed by atoms with Crippen LogP contribution in [0.4, 0.5) is 10.1 Å². The van der Waals surface area contributed by atoms with E-state index in [9.17, 15) is 14.0 Å². The van der Waals surface area contributed by atoms with E-state index in [2.05, 4.69) is 20.0 Å². The van der Waals surface area contributed by atoms with Crippen LogP contribution in [0.2, 0.25) is 0 Å². The number of amides is 1. The second kappa shape index (κ2) is 6.17.